The van der Waals surface area contributed by atoms with Gasteiger partial charge in [-0.25, -0.2) is 0 Å². The Bertz CT molecular complexity index is 1490. The molecule has 193 valence electrons. The monoisotopic (exact) mass is 682 g/mol. The second kappa shape index (κ2) is 14.1. The van der Waals surface area contributed by atoms with E-state index in [2.05, 4.69) is 76.5 Å². The summed E-state index contributed by atoms with van der Waals surface area (Å²) in [5.41, 5.74) is 8.72. The van der Waals surface area contributed by atoms with Crippen molar-refractivity contribution in [1.82, 2.24) is 15.0 Å². The minimum Gasteiger partial charge on any atom is -0.304 e. The Hall–Kier alpha value is -4.24. The molecule has 0 fully saturated rings. The molecular weight excluding hydrogens is 655 g/mol. The summed E-state index contributed by atoms with van der Waals surface area (Å²) in [6.07, 6.45) is 6.62. The Balaban J connectivity index is 0.000000177. The molecule has 4 aromatic carbocycles. The molecule has 0 saturated heterocycles. The summed E-state index contributed by atoms with van der Waals surface area (Å²) >= 11 is 0. The van der Waals surface area contributed by atoms with E-state index in [1.807, 2.05) is 91.4 Å². The molecular formula is C35H27IrN3-2. The van der Waals surface area contributed by atoms with Gasteiger partial charge >= 0.3 is 0 Å². The molecule has 3 nitrogen and oxygen atoms in total. The molecule has 2 aromatic heterocycles. The SMILES string of the molecule is CCc1cnc(-c2[c-]ccc(-c3ccccc3)c2)nc1.[Ir].[c-]1ccccc1-c1ccc(-c2ccccc2)cn1. The van der Waals surface area contributed by atoms with Crippen LogP contribution in [0.4, 0.5) is 0 Å². The van der Waals surface area contributed by atoms with Crippen LogP contribution < -0.4 is 0 Å². The Kier molecular flexibility index (Phi) is 10.0. The van der Waals surface area contributed by atoms with Crippen LogP contribution in [-0.4, -0.2) is 15.0 Å². The first-order chi connectivity index (χ1) is 18.8. The van der Waals surface area contributed by atoms with E-state index < -0.39 is 0 Å². The van der Waals surface area contributed by atoms with Gasteiger partial charge in [-0.3, -0.25) is 9.97 Å². The fraction of sp³-hybridized carbons (Fsp3) is 0.0571. The Morgan fingerprint density at radius 3 is 1.77 bits per heavy atom. The number of hydrogen-bond acceptors (Lipinski definition) is 3. The fourth-order valence-corrected chi connectivity index (χ4v) is 3.99. The van der Waals surface area contributed by atoms with Crippen LogP contribution in [0.2, 0.25) is 0 Å². The number of aryl methyl sites for hydroxylation is 1. The first kappa shape index (κ1) is 27.8. The summed E-state index contributed by atoms with van der Waals surface area (Å²) in [6, 6.07) is 45.0. The number of pyridine rings is 1. The average molecular weight is 682 g/mol. The molecule has 0 bridgehead atoms. The van der Waals surface area contributed by atoms with Crippen molar-refractivity contribution in [1.29, 1.82) is 0 Å². The largest absolute Gasteiger partial charge is 0.304 e. The summed E-state index contributed by atoms with van der Waals surface area (Å²) in [7, 11) is 0. The van der Waals surface area contributed by atoms with Gasteiger partial charge in [0, 0.05) is 38.7 Å². The van der Waals surface area contributed by atoms with Gasteiger partial charge in [0.2, 0.25) is 0 Å². The fourth-order valence-electron chi connectivity index (χ4n) is 3.99. The summed E-state index contributed by atoms with van der Waals surface area (Å²) in [5.74, 6) is 0.722. The van der Waals surface area contributed by atoms with Crippen molar-refractivity contribution in [2.24, 2.45) is 0 Å². The van der Waals surface area contributed by atoms with Crippen LogP contribution in [0.1, 0.15) is 12.5 Å². The molecule has 39 heavy (non-hydrogen) atoms. The van der Waals surface area contributed by atoms with Gasteiger partial charge in [0.15, 0.2) is 0 Å². The van der Waals surface area contributed by atoms with E-state index in [1.165, 1.54) is 11.1 Å². The summed E-state index contributed by atoms with van der Waals surface area (Å²) < 4.78 is 0. The van der Waals surface area contributed by atoms with Crippen LogP contribution in [-0.2, 0) is 26.5 Å². The van der Waals surface area contributed by atoms with Crippen molar-refractivity contribution in [3.8, 4) is 44.9 Å². The number of hydrogen-bond donors (Lipinski definition) is 0. The van der Waals surface area contributed by atoms with Crippen molar-refractivity contribution in [3.05, 3.63) is 152 Å². The zero-order valence-electron chi connectivity index (χ0n) is 21.6. The second-order valence-electron chi connectivity index (χ2n) is 8.70. The quantitative estimate of drug-likeness (QED) is 0.172. The molecule has 0 unspecified atom stereocenters. The molecule has 0 amide bonds. The maximum Gasteiger partial charge on any atom is 0.0748 e. The molecule has 0 saturated carbocycles. The van der Waals surface area contributed by atoms with Gasteiger partial charge in [-0.15, -0.1) is 71.3 Å². The average Bonchev–Trinajstić information content (AvgIpc) is 3.03. The smallest absolute Gasteiger partial charge is 0.0748 e. The Morgan fingerprint density at radius 1 is 0.538 bits per heavy atom. The van der Waals surface area contributed by atoms with Gasteiger partial charge in [-0.2, -0.15) is 0 Å². The maximum absolute atomic E-state index is 4.49. The van der Waals surface area contributed by atoms with E-state index in [0.717, 1.165) is 45.8 Å². The molecule has 0 atom stereocenters. The standard InChI is InChI=1S/C18H15N2.C17H12N.Ir/c1-2-14-12-19-18(20-13-14)17-10-6-9-16(11-17)15-7-4-3-5-8-15;1-3-7-14(8-4-1)16-11-12-17(18-13-16)15-9-5-2-6-10-15;/h3-9,11-13H,2H2,1H3;1-9,11-13H;/q2*-1;. The molecule has 6 aromatic rings. The minimum atomic E-state index is 0. The van der Waals surface area contributed by atoms with Crippen LogP contribution in [0.15, 0.2) is 134 Å². The van der Waals surface area contributed by atoms with E-state index in [9.17, 15) is 0 Å². The van der Waals surface area contributed by atoms with Gasteiger partial charge in [0.1, 0.15) is 0 Å². The van der Waals surface area contributed by atoms with Crippen molar-refractivity contribution in [2.75, 3.05) is 0 Å². The maximum atomic E-state index is 4.49. The number of nitrogens with zero attached hydrogens (tertiary/aromatic N) is 3. The van der Waals surface area contributed by atoms with Crippen LogP contribution >= 0.6 is 0 Å². The molecule has 1 radical (unpaired) electrons. The van der Waals surface area contributed by atoms with Crippen molar-refractivity contribution in [3.63, 3.8) is 0 Å². The molecule has 0 spiro atoms. The summed E-state index contributed by atoms with van der Waals surface area (Å²) in [5, 5.41) is 0. The predicted molar refractivity (Wildman–Crippen MR) is 155 cm³/mol. The van der Waals surface area contributed by atoms with Crippen LogP contribution in [0.3, 0.4) is 0 Å². The molecule has 0 N–H and O–H groups in total. The van der Waals surface area contributed by atoms with Gasteiger partial charge in [0.05, 0.1) is 5.82 Å². The minimum absolute atomic E-state index is 0. The second-order valence-corrected chi connectivity index (χ2v) is 8.70. The Labute approximate surface area is 244 Å². The van der Waals surface area contributed by atoms with E-state index >= 15 is 0 Å². The first-order valence-corrected chi connectivity index (χ1v) is 12.7. The summed E-state index contributed by atoms with van der Waals surface area (Å²) in [4.78, 5) is 13.3. The normalized spacial score (nSPS) is 10.1. The van der Waals surface area contributed by atoms with Crippen molar-refractivity contribution < 1.29 is 20.1 Å². The van der Waals surface area contributed by atoms with Crippen LogP contribution in [0.25, 0.3) is 44.9 Å². The molecule has 6 rings (SSSR count). The predicted octanol–water partition coefficient (Wildman–Crippen LogP) is 8.39. The van der Waals surface area contributed by atoms with Gasteiger partial charge in [0.25, 0.3) is 0 Å². The third kappa shape index (κ3) is 7.42. The first-order valence-electron chi connectivity index (χ1n) is 12.7. The number of rotatable bonds is 5. The van der Waals surface area contributed by atoms with Crippen LogP contribution in [0, 0.1) is 12.1 Å². The zero-order valence-corrected chi connectivity index (χ0v) is 24.0. The van der Waals surface area contributed by atoms with E-state index in [0.29, 0.717) is 0 Å². The van der Waals surface area contributed by atoms with E-state index in [-0.39, 0.29) is 20.1 Å². The molecule has 0 aliphatic carbocycles. The van der Waals surface area contributed by atoms with Gasteiger partial charge in [-0.1, -0.05) is 79.7 Å². The van der Waals surface area contributed by atoms with E-state index in [1.54, 1.807) is 0 Å². The molecule has 0 aliphatic heterocycles. The molecule has 0 aliphatic rings. The number of benzene rings is 4. The van der Waals surface area contributed by atoms with Gasteiger partial charge in [-0.05, 0) is 34.4 Å². The van der Waals surface area contributed by atoms with Crippen molar-refractivity contribution >= 4 is 0 Å². The molecule has 2 heterocycles. The van der Waals surface area contributed by atoms with Gasteiger partial charge < -0.3 is 4.98 Å². The Morgan fingerprint density at radius 2 is 1.18 bits per heavy atom. The van der Waals surface area contributed by atoms with Crippen LogP contribution in [0.5, 0.6) is 0 Å². The summed E-state index contributed by atoms with van der Waals surface area (Å²) in [6.45, 7) is 2.10. The van der Waals surface area contributed by atoms with Crippen molar-refractivity contribution in [2.45, 2.75) is 13.3 Å². The van der Waals surface area contributed by atoms with E-state index in [4.69, 9.17) is 0 Å². The number of aromatic nitrogens is 3. The zero-order chi connectivity index (χ0) is 26.0. The third-order valence-corrected chi connectivity index (χ3v) is 6.12. The third-order valence-electron chi connectivity index (χ3n) is 6.12. The topological polar surface area (TPSA) is 38.7 Å². The molecule has 4 heteroatoms.